The largest absolute Gasteiger partial charge is 0.364 e. The number of nitrogens with two attached hydrogens (primary N) is 1. The molecule has 0 aromatic heterocycles. The van der Waals surface area contributed by atoms with E-state index in [4.69, 9.17) is 22.1 Å². The minimum atomic E-state index is -0.337. The van der Waals surface area contributed by atoms with Crippen LogP contribution in [0, 0.1) is 0 Å². The van der Waals surface area contributed by atoms with Crippen molar-refractivity contribution in [2.75, 3.05) is 13.1 Å². The monoisotopic (exact) mass is 332 g/mol. The Kier molecular flexibility index (Phi) is 7.46. The van der Waals surface area contributed by atoms with Gasteiger partial charge < -0.3 is 15.4 Å². The predicted molar refractivity (Wildman–Crippen MR) is 86.7 cm³/mol. The van der Waals surface area contributed by atoms with Crippen LogP contribution in [0.15, 0.2) is 24.3 Å². The second-order valence-corrected chi connectivity index (χ2v) is 5.48. The SMILES string of the molecule is CCN(Cc1ccc(Cl)cc1)C(=O)[C@@H]1CC[C@H](CN)O1.Cl. The lowest BCUT2D eigenvalue weighted by molar-refractivity contribution is -0.143. The van der Waals surface area contributed by atoms with Crippen molar-refractivity contribution in [2.24, 2.45) is 5.73 Å². The molecule has 1 aliphatic heterocycles. The second kappa shape index (κ2) is 8.59. The Hall–Kier alpha value is -0.810. The van der Waals surface area contributed by atoms with Crippen LogP contribution in [0.1, 0.15) is 25.3 Å². The van der Waals surface area contributed by atoms with Gasteiger partial charge in [0.05, 0.1) is 6.10 Å². The van der Waals surface area contributed by atoms with Gasteiger partial charge in [-0.2, -0.15) is 0 Å². The van der Waals surface area contributed by atoms with Crippen molar-refractivity contribution in [3.05, 3.63) is 34.9 Å². The molecule has 4 nitrogen and oxygen atoms in total. The molecule has 2 N–H and O–H groups in total. The standard InChI is InChI=1S/C15H21ClN2O2.ClH/c1-2-18(10-11-3-5-12(16)6-4-11)15(19)14-8-7-13(9-17)20-14;/h3-6,13-14H,2,7-10,17H2,1H3;1H/t13-,14+;/m1./s1. The molecule has 2 atom stereocenters. The number of amides is 1. The fourth-order valence-corrected chi connectivity index (χ4v) is 2.55. The van der Waals surface area contributed by atoms with Gasteiger partial charge in [-0.15, -0.1) is 12.4 Å². The van der Waals surface area contributed by atoms with E-state index < -0.39 is 0 Å². The van der Waals surface area contributed by atoms with Crippen LogP contribution in [-0.2, 0) is 16.1 Å². The van der Waals surface area contributed by atoms with Crippen molar-refractivity contribution in [3.8, 4) is 0 Å². The molecule has 1 aromatic carbocycles. The summed E-state index contributed by atoms with van der Waals surface area (Å²) in [6, 6.07) is 7.56. The number of rotatable bonds is 5. The normalized spacial score (nSPS) is 20.9. The number of hydrogen-bond acceptors (Lipinski definition) is 3. The van der Waals surface area contributed by atoms with Gasteiger partial charge in [-0.1, -0.05) is 23.7 Å². The molecule has 1 saturated heterocycles. The van der Waals surface area contributed by atoms with Crippen LogP contribution in [0.5, 0.6) is 0 Å². The topological polar surface area (TPSA) is 55.6 Å². The van der Waals surface area contributed by atoms with E-state index in [0.29, 0.717) is 24.7 Å². The molecule has 0 spiro atoms. The summed E-state index contributed by atoms with van der Waals surface area (Å²) in [5.74, 6) is 0.0541. The van der Waals surface area contributed by atoms with Gasteiger partial charge >= 0.3 is 0 Å². The maximum Gasteiger partial charge on any atom is 0.252 e. The maximum atomic E-state index is 12.4. The van der Waals surface area contributed by atoms with E-state index in [-0.39, 0.29) is 30.5 Å². The lowest BCUT2D eigenvalue weighted by Gasteiger charge is -2.24. The molecule has 0 saturated carbocycles. The average molecular weight is 333 g/mol. The van der Waals surface area contributed by atoms with E-state index >= 15 is 0 Å². The molecule has 0 bridgehead atoms. The van der Waals surface area contributed by atoms with Crippen LogP contribution in [-0.4, -0.2) is 36.1 Å². The van der Waals surface area contributed by atoms with Crippen molar-refractivity contribution in [3.63, 3.8) is 0 Å². The van der Waals surface area contributed by atoms with Gasteiger partial charge in [-0.05, 0) is 37.5 Å². The highest BCUT2D eigenvalue weighted by Gasteiger charge is 2.32. The first-order valence-electron chi connectivity index (χ1n) is 7.02. The van der Waals surface area contributed by atoms with E-state index in [1.165, 1.54) is 0 Å². The predicted octanol–water partition coefficient (Wildman–Crippen LogP) is 2.62. The summed E-state index contributed by atoms with van der Waals surface area (Å²) in [7, 11) is 0. The summed E-state index contributed by atoms with van der Waals surface area (Å²) >= 11 is 5.87. The van der Waals surface area contributed by atoms with Crippen molar-refractivity contribution in [2.45, 2.75) is 38.5 Å². The Balaban J connectivity index is 0.00000220. The zero-order valence-corrected chi connectivity index (χ0v) is 13.7. The number of carbonyl (C=O) groups is 1. The third-order valence-corrected chi connectivity index (χ3v) is 3.88. The van der Waals surface area contributed by atoms with Gasteiger partial charge in [-0.3, -0.25) is 4.79 Å². The van der Waals surface area contributed by atoms with Crippen molar-refractivity contribution in [1.29, 1.82) is 0 Å². The third kappa shape index (κ3) is 4.85. The van der Waals surface area contributed by atoms with Gasteiger partial charge in [0.2, 0.25) is 0 Å². The molecule has 6 heteroatoms. The fourth-order valence-electron chi connectivity index (χ4n) is 2.42. The molecule has 0 aliphatic carbocycles. The van der Waals surface area contributed by atoms with Crippen LogP contribution in [0.25, 0.3) is 0 Å². The Morgan fingerprint density at radius 1 is 1.38 bits per heavy atom. The summed E-state index contributed by atoms with van der Waals surface area (Å²) in [4.78, 5) is 14.3. The zero-order chi connectivity index (χ0) is 14.5. The first-order chi connectivity index (χ1) is 9.63. The van der Waals surface area contributed by atoms with Crippen LogP contribution >= 0.6 is 24.0 Å². The fraction of sp³-hybridized carbons (Fsp3) is 0.533. The molecule has 1 heterocycles. The van der Waals surface area contributed by atoms with Crippen molar-refractivity contribution in [1.82, 2.24) is 4.90 Å². The Morgan fingerprint density at radius 3 is 2.57 bits per heavy atom. The Morgan fingerprint density at radius 2 is 2.05 bits per heavy atom. The van der Waals surface area contributed by atoms with Gasteiger partial charge in [0, 0.05) is 24.7 Å². The molecule has 1 fully saturated rings. The molecule has 1 aromatic rings. The number of ether oxygens (including phenoxy) is 1. The van der Waals surface area contributed by atoms with E-state index in [2.05, 4.69) is 0 Å². The number of carbonyl (C=O) groups excluding carboxylic acids is 1. The number of likely N-dealkylation sites (N-methyl/N-ethyl adjacent to an activating group) is 1. The molecule has 1 aliphatic rings. The lowest BCUT2D eigenvalue weighted by atomic mass is 10.1. The van der Waals surface area contributed by atoms with Gasteiger partial charge in [-0.25, -0.2) is 0 Å². The van der Waals surface area contributed by atoms with E-state index in [1.54, 1.807) is 0 Å². The van der Waals surface area contributed by atoms with Crippen molar-refractivity contribution < 1.29 is 9.53 Å². The second-order valence-electron chi connectivity index (χ2n) is 5.04. The number of hydrogen-bond donors (Lipinski definition) is 1. The third-order valence-electron chi connectivity index (χ3n) is 3.63. The highest BCUT2D eigenvalue weighted by Crippen LogP contribution is 2.21. The molecule has 1 amide bonds. The molecule has 21 heavy (non-hydrogen) atoms. The van der Waals surface area contributed by atoms with Gasteiger partial charge in [0.1, 0.15) is 6.10 Å². The first kappa shape index (κ1) is 18.2. The summed E-state index contributed by atoms with van der Waals surface area (Å²) in [5, 5.41) is 0.702. The van der Waals surface area contributed by atoms with Crippen LogP contribution in [0.4, 0.5) is 0 Å². The summed E-state index contributed by atoms with van der Waals surface area (Å²) in [6.07, 6.45) is 1.32. The number of halogens is 2. The summed E-state index contributed by atoms with van der Waals surface area (Å²) in [5.41, 5.74) is 6.65. The van der Waals surface area contributed by atoms with Crippen LogP contribution in [0.2, 0.25) is 5.02 Å². The lowest BCUT2D eigenvalue weighted by Crippen LogP contribution is -2.39. The van der Waals surface area contributed by atoms with E-state index in [9.17, 15) is 4.79 Å². The van der Waals surface area contributed by atoms with Crippen LogP contribution < -0.4 is 5.73 Å². The molecule has 118 valence electrons. The summed E-state index contributed by atoms with van der Waals surface area (Å²) < 4.78 is 5.67. The summed E-state index contributed by atoms with van der Waals surface area (Å²) in [6.45, 7) is 3.70. The number of nitrogens with zero attached hydrogens (tertiary/aromatic N) is 1. The maximum absolute atomic E-state index is 12.4. The quantitative estimate of drug-likeness (QED) is 0.901. The van der Waals surface area contributed by atoms with Crippen LogP contribution in [0.3, 0.4) is 0 Å². The molecular weight excluding hydrogens is 311 g/mol. The molecular formula is C15H22Cl2N2O2. The minimum absolute atomic E-state index is 0. The minimum Gasteiger partial charge on any atom is -0.364 e. The average Bonchev–Trinajstić information content (AvgIpc) is 2.95. The highest BCUT2D eigenvalue weighted by atomic mass is 35.5. The first-order valence-corrected chi connectivity index (χ1v) is 7.40. The molecule has 0 radical (unpaired) electrons. The Labute approximate surface area is 137 Å². The van der Waals surface area contributed by atoms with E-state index in [1.807, 2.05) is 36.1 Å². The highest BCUT2D eigenvalue weighted by molar-refractivity contribution is 6.30. The number of benzene rings is 1. The molecule has 0 unspecified atom stereocenters. The van der Waals surface area contributed by atoms with Crippen molar-refractivity contribution >= 4 is 29.9 Å². The smallest absolute Gasteiger partial charge is 0.252 e. The Bertz CT molecular complexity index is 453. The van der Waals surface area contributed by atoms with Gasteiger partial charge in [0.15, 0.2) is 0 Å². The van der Waals surface area contributed by atoms with Gasteiger partial charge in [0.25, 0.3) is 5.91 Å². The molecule has 2 rings (SSSR count). The van der Waals surface area contributed by atoms with E-state index in [0.717, 1.165) is 18.4 Å². The zero-order valence-electron chi connectivity index (χ0n) is 12.1.